The van der Waals surface area contributed by atoms with Gasteiger partial charge in [-0.15, -0.1) is 6.58 Å². The zero-order chi connectivity index (χ0) is 16.7. The van der Waals surface area contributed by atoms with Gasteiger partial charge < -0.3 is 13.0 Å². The van der Waals surface area contributed by atoms with Gasteiger partial charge in [0, 0.05) is 18.2 Å². The van der Waals surface area contributed by atoms with Gasteiger partial charge in [0.2, 0.25) is 0 Å². The first kappa shape index (κ1) is 20.2. The molecule has 1 aliphatic heterocycles. The van der Waals surface area contributed by atoms with Gasteiger partial charge in [0.1, 0.15) is 0 Å². The van der Waals surface area contributed by atoms with E-state index in [1.807, 2.05) is 6.08 Å². The van der Waals surface area contributed by atoms with Gasteiger partial charge in [-0.1, -0.05) is 6.08 Å². The van der Waals surface area contributed by atoms with Crippen LogP contribution in [-0.2, 0) is 22.6 Å². The van der Waals surface area contributed by atoms with Crippen molar-refractivity contribution in [3.63, 3.8) is 0 Å². The Kier molecular flexibility index (Phi) is 8.26. The Morgan fingerprint density at radius 1 is 1.05 bits per heavy atom. The summed E-state index contributed by atoms with van der Waals surface area (Å²) in [4.78, 5) is 19.8. The molecular formula is C13H26O5Si3. The maximum absolute atomic E-state index is 9.92. The summed E-state index contributed by atoms with van der Waals surface area (Å²) < 4.78 is 16.1. The van der Waals surface area contributed by atoms with Crippen LogP contribution in [0.2, 0.25) is 45.3 Å². The van der Waals surface area contributed by atoms with Gasteiger partial charge >= 0.3 is 21.2 Å². The Balaban J connectivity index is 0.000000471. The maximum atomic E-state index is 9.92. The fraction of sp³-hybridized carbons (Fsp3) is 0.538. The second-order valence-electron chi connectivity index (χ2n) is 6.49. The molecule has 0 radical (unpaired) electrons. The molecule has 0 aliphatic carbocycles. The number of allylic oxidation sites excluding steroid dienone is 1. The zero-order valence-corrected chi connectivity index (χ0v) is 16.9. The lowest BCUT2D eigenvalue weighted by Crippen LogP contribution is -2.42. The lowest BCUT2D eigenvalue weighted by atomic mass is 10.6. The molecule has 0 aromatic heterocycles. The van der Waals surface area contributed by atoms with E-state index in [2.05, 4.69) is 50.6 Å². The summed E-state index contributed by atoms with van der Waals surface area (Å²) in [6.45, 7) is 17.0. The average molecular weight is 347 g/mol. The summed E-state index contributed by atoms with van der Waals surface area (Å²) in [5.41, 5.74) is 0. The molecule has 120 valence electrons. The van der Waals surface area contributed by atoms with E-state index in [0.29, 0.717) is 0 Å². The van der Waals surface area contributed by atoms with E-state index >= 15 is 0 Å². The maximum Gasteiger partial charge on any atom is 0.338 e. The van der Waals surface area contributed by atoms with Crippen molar-refractivity contribution in [1.82, 2.24) is 0 Å². The van der Waals surface area contributed by atoms with Crippen molar-refractivity contribution < 1.29 is 22.6 Å². The van der Waals surface area contributed by atoms with E-state index in [9.17, 15) is 9.59 Å². The minimum atomic E-state index is -1.48. The Labute approximate surface area is 131 Å². The van der Waals surface area contributed by atoms with E-state index in [1.165, 1.54) is 0 Å². The first-order valence-corrected chi connectivity index (χ1v) is 15.4. The highest BCUT2D eigenvalue weighted by molar-refractivity contribution is 6.81. The van der Waals surface area contributed by atoms with Crippen molar-refractivity contribution in [2.45, 2.75) is 45.3 Å². The minimum Gasteiger partial charge on any atom is -0.439 e. The third kappa shape index (κ3) is 12.6. The number of esters is 2. The van der Waals surface area contributed by atoms with Crippen molar-refractivity contribution in [2.75, 3.05) is 0 Å². The Hall–Kier alpha value is -0.809. The van der Waals surface area contributed by atoms with Crippen LogP contribution in [0.15, 0.2) is 24.8 Å². The summed E-state index contributed by atoms with van der Waals surface area (Å²) in [6, 6.07) is 0.925. The summed E-state index contributed by atoms with van der Waals surface area (Å²) in [7, 11) is -4.37. The summed E-state index contributed by atoms with van der Waals surface area (Å²) >= 11 is 0. The third-order valence-corrected chi connectivity index (χ3v) is 10.4. The Morgan fingerprint density at radius 2 is 1.43 bits per heavy atom. The predicted molar refractivity (Wildman–Crippen MR) is 91.3 cm³/mol. The van der Waals surface area contributed by atoms with Crippen LogP contribution in [0.3, 0.4) is 0 Å². The molecule has 1 aliphatic rings. The topological polar surface area (TPSA) is 61.8 Å². The predicted octanol–water partition coefficient (Wildman–Crippen LogP) is 2.72. The highest BCUT2D eigenvalue weighted by atomic mass is 28.4. The smallest absolute Gasteiger partial charge is 0.338 e. The van der Waals surface area contributed by atoms with Gasteiger partial charge in [-0.25, -0.2) is 9.59 Å². The number of carbonyl (C=O) groups is 2. The lowest BCUT2D eigenvalue weighted by molar-refractivity contribution is -0.150. The van der Waals surface area contributed by atoms with Crippen LogP contribution in [0.25, 0.3) is 0 Å². The fourth-order valence-corrected chi connectivity index (χ4v) is 9.33. The van der Waals surface area contributed by atoms with E-state index in [4.69, 9.17) is 8.23 Å². The third-order valence-electron chi connectivity index (χ3n) is 1.89. The quantitative estimate of drug-likeness (QED) is 0.320. The molecule has 0 aromatic rings. The molecule has 21 heavy (non-hydrogen) atoms. The molecule has 0 fully saturated rings. The summed E-state index contributed by atoms with van der Waals surface area (Å²) in [5.74, 6) is -1.16. The molecule has 0 spiro atoms. The monoisotopic (exact) mass is 346 g/mol. The van der Waals surface area contributed by atoms with E-state index in [-0.39, 0.29) is 0 Å². The summed E-state index contributed by atoms with van der Waals surface area (Å²) in [6.07, 6.45) is 4.10. The van der Waals surface area contributed by atoms with Gasteiger partial charge in [0.15, 0.2) is 16.6 Å². The molecule has 0 N–H and O–H groups in total. The first-order valence-electron chi connectivity index (χ1n) is 6.83. The Morgan fingerprint density at radius 3 is 1.62 bits per heavy atom. The van der Waals surface area contributed by atoms with Crippen LogP contribution in [0.4, 0.5) is 0 Å². The first-order chi connectivity index (χ1) is 9.43. The molecule has 0 atom stereocenters. The van der Waals surface area contributed by atoms with Gasteiger partial charge in [0.25, 0.3) is 0 Å². The van der Waals surface area contributed by atoms with Gasteiger partial charge in [0.05, 0.1) is 0 Å². The molecule has 0 saturated heterocycles. The van der Waals surface area contributed by atoms with Gasteiger partial charge in [-0.05, 0) is 39.3 Å². The molecule has 0 aromatic carbocycles. The van der Waals surface area contributed by atoms with Crippen molar-refractivity contribution >= 4 is 37.9 Å². The van der Waals surface area contributed by atoms with Crippen molar-refractivity contribution in [1.29, 1.82) is 0 Å². The lowest BCUT2D eigenvalue weighted by Gasteiger charge is -2.30. The summed E-state index contributed by atoms with van der Waals surface area (Å²) in [5, 5.41) is 0. The van der Waals surface area contributed by atoms with Crippen LogP contribution >= 0.6 is 0 Å². The number of hydrogen-bond donors (Lipinski definition) is 0. The van der Waals surface area contributed by atoms with Crippen LogP contribution < -0.4 is 0 Å². The molecular weight excluding hydrogens is 320 g/mol. The standard InChI is InChI=1S/C9H24O2Si3.C4H2O3/c1-8-9-12(10-13(2,3)4)11-14(5,6)7;5-3-1-2-4(6)7-3/h8,12H,1,9H2,2-7H3;1-2H. The van der Waals surface area contributed by atoms with Gasteiger partial charge in [-0.2, -0.15) is 0 Å². The number of hydrogen-bond acceptors (Lipinski definition) is 5. The minimum absolute atomic E-state index is 0.579. The second-order valence-corrected chi connectivity index (χ2v) is 18.2. The number of carbonyl (C=O) groups excluding carboxylic acids is 2. The molecule has 1 rings (SSSR count). The van der Waals surface area contributed by atoms with E-state index in [1.54, 1.807) is 0 Å². The molecule has 0 amide bonds. The van der Waals surface area contributed by atoms with Crippen LogP contribution in [-0.4, -0.2) is 37.9 Å². The number of rotatable bonds is 6. The van der Waals surface area contributed by atoms with Crippen LogP contribution in [0, 0.1) is 0 Å². The number of cyclic esters (lactones) is 2. The number of ether oxygens (including phenoxy) is 1. The largest absolute Gasteiger partial charge is 0.439 e. The normalized spacial score (nSPS) is 14.8. The molecule has 8 heteroatoms. The fourth-order valence-electron chi connectivity index (χ4n) is 1.35. The van der Waals surface area contributed by atoms with E-state index < -0.39 is 37.9 Å². The van der Waals surface area contributed by atoms with E-state index in [0.717, 1.165) is 18.2 Å². The highest BCUT2D eigenvalue weighted by Crippen LogP contribution is 2.14. The molecule has 5 nitrogen and oxygen atoms in total. The molecule has 0 unspecified atom stereocenters. The molecule has 1 heterocycles. The van der Waals surface area contributed by atoms with Crippen molar-refractivity contribution in [3.05, 3.63) is 24.8 Å². The average Bonchev–Trinajstić information content (AvgIpc) is 2.58. The van der Waals surface area contributed by atoms with Crippen LogP contribution in [0.1, 0.15) is 0 Å². The zero-order valence-electron chi connectivity index (χ0n) is 13.8. The van der Waals surface area contributed by atoms with Crippen molar-refractivity contribution in [2.24, 2.45) is 0 Å². The van der Waals surface area contributed by atoms with Crippen LogP contribution in [0.5, 0.6) is 0 Å². The second kappa shape index (κ2) is 8.59. The van der Waals surface area contributed by atoms with Crippen molar-refractivity contribution in [3.8, 4) is 0 Å². The SMILES string of the molecule is C=CC[SiH](O[Si](C)(C)C)O[Si](C)(C)C.O=C1C=CC(=O)O1. The highest BCUT2D eigenvalue weighted by Gasteiger charge is 2.27. The molecule has 0 bridgehead atoms. The Bertz CT molecular complexity index is 375. The van der Waals surface area contributed by atoms with Gasteiger partial charge in [-0.3, -0.25) is 0 Å². The molecule has 0 saturated carbocycles.